The number of fused-ring (bicyclic) bond motifs is 1. The molecule has 2 fully saturated rings. The van der Waals surface area contributed by atoms with E-state index in [4.69, 9.17) is 29.0 Å². The third-order valence-corrected chi connectivity index (χ3v) is 8.52. The van der Waals surface area contributed by atoms with Crippen molar-refractivity contribution in [2.75, 3.05) is 32.7 Å². The predicted molar refractivity (Wildman–Crippen MR) is 149 cm³/mol. The number of H-pyrrole nitrogens is 1. The molecule has 5 rings (SSSR count). The minimum Gasteiger partial charge on any atom is -0.468 e. The second-order valence-corrected chi connectivity index (χ2v) is 11.7. The molecule has 14 nitrogen and oxygen atoms in total. The normalized spacial score (nSPS) is 23.7. The smallest absolute Gasteiger partial charge is 0.459 e. The Morgan fingerprint density at radius 1 is 1.34 bits per heavy atom. The standard InChI is InChI=1S/C26H33N6O8P/c1-17(24(34)36-2)31-41(35,40-19-8-4-3-5-9-19)39-15-26(14-38-20-10-6-7-11-37-20)12-18(26)13-32-16-28-21-22(32)29-25(27)30-23(21)33/h3-5,8-9,13,16-17,20H,6-7,10-12,14-15H2,1-2H3,(H,31,35)(H3,27,29,30,33)/b18-13-/t17-,20?,26?,41?/m0/s1. The summed E-state index contributed by atoms with van der Waals surface area (Å²) in [5.41, 5.74) is 5.92. The predicted octanol–water partition coefficient (Wildman–Crippen LogP) is 2.83. The molecule has 0 spiro atoms. The number of carbonyl (C=O) groups excluding carboxylic acids is 1. The molecule has 2 aliphatic rings. The molecule has 3 aromatic rings. The van der Waals surface area contributed by atoms with Crippen LogP contribution < -0.4 is 20.9 Å². The van der Waals surface area contributed by atoms with Crippen LogP contribution in [0.25, 0.3) is 17.4 Å². The van der Waals surface area contributed by atoms with Gasteiger partial charge >= 0.3 is 13.7 Å². The molecule has 0 bridgehead atoms. The van der Waals surface area contributed by atoms with E-state index in [1.807, 2.05) is 0 Å². The third kappa shape index (κ3) is 6.85. The lowest BCUT2D eigenvalue weighted by molar-refractivity contribution is -0.171. The van der Waals surface area contributed by atoms with Gasteiger partial charge in [0, 0.05) is 18.2 Å². The van der Waals surface area contributed by atoms with Gasteiger partial charge in [0.1, 0.15) is 18.1 Å². The van der Waals surface area contributed by atoms with E-state index in [2.05, 4.69) is 20.0 Å². The highest BCUT2D eigenvalue weighted by Crippen LogP contribution is 2.57. The summed E-state index contributed by atoms with van der Waals surface area (Å²) in [6, 6.07) is 7.54. The van der Waals surface area contributed by atoms with E-state index in [0.717, 1.165) is 24.8 Å². The number of esters is 1. The maximum atomic E-state index is 13.9. The lowest BCUT2D eigenvalue weighted by Gasteiger charge is -2.27. The van der Waals surface area contributed by atoms with Crippen LogP contribution in [0.4, 0.5) is 5.95 Å². The molecule has 41 heavy (non-hydrogen) atoms. The number of nitrogens with one attached hydrogen (secondary N) is 2. The van der Waals surface area contributed by atoms with Crippen LogP contribution in [0.1, 0.15) is 32.6 Å². The molecule has 3 heterocycles. The second-order valence-electron chi connectivity index (χ2n) is 10.0. The van der Waals surface area contributed by atoms with Crippen molar-refractivity contribution in [3.63, 3.8) is 0 Å². The number of para-hydroxylation sites is 1. The van der Waals surface area contributed by atoms with Crippen molar-refractivity contribution in [3.05, 3.63) is 52.6 Å². The maximum absolute atomic E-state index is 13.9. The van der Waals surface area contributed by atoms with Crippen LogP contribution in [0.5, 0.6) is 5.75 Å². The number of nitrogens with two attached hydrogens (primary N) is 1. The van der Waals surface area contributed by atoms with Gasteiger partial charge in [0.15, 0.2) is 17.5 Å². The van der Waals surface area contributed by atoms with Gasteiger partial charge in [-0.2, -0.15) is 10.1 Å². The molecule has 0 amide bonds. The number of nitrogens with zero attached hydrogens (tertiary/aromatic N) is 3. The van der Waals surface area contributed by atoms with Crippen LogP contribution in [-0.2, 0) is 28.1 Å². The summed E-state index contributed by atoms with van der Waals surface area (Å²) in [7, 11) is -2.85. The van der Waals surface area contributed by atoms with Gasteiger partial charge in [-0.3, -0.25) is 23.7 Å². The first kappa shape index (κ1) is 29.0. The van der Waals surface area contributed by atoms with Crippen molar-refractivity contribution in [1.29, 1.82) is 0 Å². The molecule has 1 saturated heterocycles. The molecular formula is C26H33N6O8P. The van der Waals surface area contributed by atoms with Crippen LogP contribution in [0.3, 0.4) is 0 Å². The van der Waals surface area contributed by atoms with E-state index in [1.165, 1.54) is 20.4 Å². The van der Waals surface area contributed by atoms with Gasteiger partial charge in [-0.05, 0) is 50.3 Å². The number of ether oxygens (including phenoxy) is 3. The molecular weight excluding hydrogens is 555 g/mol. The zero-order valence-electron chi connectivity index (χ0n) is 22.8. The number of anilines is 1. The Morgan fingerprint density at radius 3 is 2.88 bits per heavy atom. The Labute approximate surface area is 235 Å². The lowest BCUT2D eigenvalue weighted by atomic mass is 10.1. The lowest BCUT2D eigenvalue weighted by Crippen LogP contribution is -2.35. The summed E-state index contributed by atoms with van der Waals surface area (Å²) >= 11 is 0. The maximum Gasteiger partial charge on any atom is 0.459 e. The molecule has 1 aliphatic carbocycles. The summed E-state index contributed by atoms with van der Waals surface area (Å²) in [6.07, 6.45) is 6.15. The number of aromatic nitrogens is 4. The van der Waals surface area contributed by atoms with Gasteiger partial charge < -0.3 is 24.5 Å². The van der Waals surface area contributed by atoms with Gasteiger partial charge in [-0.25, -0.2) is 9.55 Å². The second kappa shape index (κ2) is 12.1. The summed E-state index contributed by atoms with van der Waals surface area (Å²) in [5.74, 6) is -0.360. The van der Waals surface area contributed by atoms with E-state index in [0.29, 0.717) is 24.4 Å². The largest absolute Gasteiger partial charge is 0.468 e. The monoisotopic (exact) mass is 588 g/mol. The molecule has 1 saturated carbocycles. The van der Waals surface area contributed by atoms with Gasteiger partial charge in [0.05, 0.1) is 20.3 Å². The van der Waals surface area contributed by atoms with Crippen LogP contribution in [0.15, 0.2) is 47.0 Å². The van der Waals surface area contributed by atoms with Crippen molar-refractivity contribution >= 4 is 37.0 Å². The Morgan fingerprint density at radius 2 is 2.15 bits per heavy atom. The molecule has 1 aliphatic heterocycles. The van der Waals surface area contributed by atoms with Gasteiger partial charge in [0.25, 0.3) is 5.56 Å². The van der Waals surface area contributed by atoms with Gasteiger partial charge in [-0.1, -0.05) is 18.2 Å². The Balaban J connectivity index is 1.40. The number of nitrogen functional groups attached to an aromatic ring is 1. The highest BCUT2D eigenvalue weighted by Gasteiger charge is 2.52. The van der Waals surface area contributed by atoms with Crippen LogP contribution in [-0.4, -0.2) is 64.8 Å². The molecule has 3 unspecified atom stereocenters. The quantitative estimate of drug-likeness (QED) is 0.208. The van der Waals surface area contributed by atoms with Crippen LogP contribution in [0, 0.1) is 5.41 Å². The van der Waals surface area contributed by atoms with Gasteiger partial charge in [0.2, 0.25) is 5.95 Å². The number of methoxy groups -OCH3 is 1. The van der Waals surface area contributed by atoms with Gasteiger partial charge in [-0.15, -0.1) is 0 Å². The first-order valence-corrected chi connectivity index (χ1v) is 14.8. The van der Waals surface area contributed by atoms with Crippen molar-refractivity contribution < 1.29 is 32.6 Å². The number of rotatable bonds is 12. The Bertz CT molecular complexity index is 1520. The Kier molecular flexibility index (Phi) is 8.57. The highest BCUT2D eigenvalue weighted by atomic mass is 31.2. The molecule has 0 radical (unpaired) electrons. The Hall–Kier alpha value is -3.55. The average molecular weight is 589 g/mol. The van der Waals surface area contributed by atoms with Crippen LogP contribution >= 0.6 is 7.75 Å². The zero-order valence-corrected chi connectivity index (χ0v) is 23.7. The van der Waals surface area contributed by atoms with Crippen LogP contribution in [0.2, 0.25) is 0 Å². The molecule has 2 aromatic heterocycles. The first-order valence-electron chi connectivity index (χ1n) is 13.2. The third-order valence-electron chi connectivity index (χ3n) is 6.90. The van der Waals surface area contributed by atoms with E-state index >= 15 is 0 Å². The first-order chi connectivity index (χ1) is 19.7. The molecule has 220 valence electrons. The topological polar surface area (TPSA) is 182 Å². The van der Waals surface area contributed by atoms with E-state index < -0.39 is 30.7 Å². The fourth-order valence-corrected chi connectivity index (χ4v) is 6.09. The summed E-state index contributed by atoms with van der Waals surface area (Å²) in [4.78, 5) is 35.1. The number of aromatic amines is 1. The fraction of sp³-hybridized carbons (Fsp3) is 0.462. The number of hydrogen-bond acceptors (Lipinski definition) is 11. The summed E-state index contributed by atoms with van der Waals surface area (Å²) in [6.45, 7) is 2.26. The molecule has 15 heteroatoms. The number of hydrogen-bond donors (Lipinski definition) is 3. The average Bonchev–Trinajstić information content (AvgIpc) is 3.50. The SMILES string of the molecule is COC(=O)[C@H](C)NP(=O)(OCC1(COC2CCCCO2)C/C1=C/n1cnc2c(=O)[nH]c(N)nc21)Oc1ccccc1. The van der Waals surface area contributed by atoms with E-state index in [-0.39, 0.29) is 31.0 Å². The van der Waals surface area contributed by atoms with Crippen molar-refractivity contribution in [2.24, 2.45) is 5.41 Å². The molecule has 1 aromatic carbocycles. The van der Waals surface area contributed by atoms with Crippen molar-refractivity contribution in [3.8, 4) is 5.75 Å². The molecule has 4 atom stereocenters. The minimum atomic E-state index is -4.08. The fourth-order valence-electron chi connectivity index (χ4n) is 4.52. The summed E-state index contributed by atoms with van der Waals surface area (Å²) < 4.78 is 43.9. The number of imidazole rings is 1. The van der Waals surface area contributed by atoms with Crippen molar-refractivity contribution in [1.82, 2.24) is 24.6 Å². The highest BCUT2D eigenvalue weighted by molar-refractivity contribution is 7.52. The van der Waals surface area contributed by atoms with E-state index in [1.54, 1.807) is 41.1 Å². The molecule has 4 N–H and O–H groups in total. The minimum absolute atomic E-state index is 0.0318. The number of benzene rings is 1. The zero-order chi connectivity index (χ0) is 29.0. The number of carbonyl (C=O) groups is 1. The van der Waals surface area contributed by atoms with Crippen molar-refractivity contribution in [2.45, 2.75) is 44.9 Å². The summed E-state index contributed by atoms with van der Waals surface area (Å²) in [5, 5.41) is 2.67. The van der Waals surface area contributed by atoms with E-state index in [9.17, 15) is 14.2 Å².